The van der Waals surface area contributed by atoms with Gasteiger partial charge in [0.05, 0.1) is 0 Å². The van der Waals surface area contributed by atoms with Gasteiger partial charge in [0.25, 0.3) is 0 Å². The number of benzene rings is 2. The van der Waals surface area contributed by atoms with E-state index in [4.69, 9.17) is 0 Å². The molecule has 0 aliphatic carbocycles. The van der Waals surface area contributed by atoms with E-state index in [2.05, 4.69) is 72.6 Å². The first-order chi connectivity index (χ1) is 14.3. The standard InChI is InChI=1S/C26H34N2S/c1-3-5-7-9-21-11-16-23(17-12-21)24-18-13-22(14-19-24)15-20-26-28-27-25(29-26)10-8-6-4-2/h11-14,16-19H,3-10,15,20H2,1-2H3. The Bertz CT molecular complexity index is 834. The summed E-state index contributed by atoms with van der Waals surface area (Å²) in [6.07, 6.45) is 11.9. The summed E-state index contributed by atoms with van der Waals surface area (Å²) in [6.45, 7) is 4.49. The van der Waals surface area contributed by atoms with Gasteiger partial charge in [-0.1, -0.05) is 88.1 Å². The Hall–Kier alpha value is -2.00. The average Bonchev–Trinajstić information content (AvgIpc) is 3.21. The Labute approximate surface area is 180 Å². The minimum absolute atomic E-state index is 0.983. The zero-order chi connectivity index (χ0) is 20.3. The molecule has 0 radical (unpaired) electrons. The second kappa shape index (κ2) is 11.9. The molecule has 1 heterocycles. The van der Waals surface area contributed by atoms with Crippen LogP contribution in [0.5, 0.6) is 0 Å². The summed E-state index contributed by atoms with van der Waals surface area (Å²) in [5.74, 6) is 0. The van der Waals surface area contributed by atoms with E-state index in [1.807, 2.05) is 0 Å². The third kappa shape index (κ3) is 7.08. The molecule has 0 amide bonds. The Kier molecular flexibility index (Phi) is 8.88. The van der Waals surface area contributed by atoms with Gasteiger partial charge in [-0.15, -0.1) is 21.5 Å². The fourth-order valence-electron chi connectivity index (χ4n) is 3.57. The molecule has 0 N–H and O–H groups in total. The molecule has 0 aliphatic heterocycles. The van der Waals surface area contributed by atoms with E-state index >= 15 is 0 Å². The maximum atomic E-state index is 4.38. The van der Waals surface area contributed by atoms with Gasteiger partial charge >= 0.3 is 0 Å². The maximum absolute atomic E-state index is 4.38. The molecule has 29 heavy (non-hydrogen) atoms. The highest BCUT2D eigenvalue weighted by molar-refractivity contribution is 7.11. The van der Waals surface area contributed by atoms with Crippen molar-refractivity contribution in [1.82, 2.24) is 10.2 Å². The van der Waals surface area contributed by atoms with Gasteiger partial charge in [-0.2, -0.15) is 0 Å². The highest BCUT2D eigenvalue weighted by atomic mass is 32.1. The van der Waals surface area contributed by atoms with Crippen molar-refractivity contribution in [2.45, 2.75) is 78.1 Å². The van der Waals surface area contributed by atoms with E-state index in [9.17, 15) is 0 Å². The predicted molar refractivity (Wildman–Crippen MR) is 126 cm³/mol. The van der Waals surface area contributed by atoms with Gasteiger partial charge < -0.3 is 0 Å². The van der Waals surface area contributed by atoms with Gasteiger partial charge in [-0.05, 0) is 47.9 Å². The third-order valence-electron chi connectivity index (χ3n) is 5.44. The van der Waals surface area contributed by atoms with Crippen LogP contribution in [0.15, 0.2) is 48.5 Å². The van der Waals surface area contributed by atoms with Gasteiger partial charge in [0.2, 0.25) is 0 Å². The zero-order valence-corrected chi connectivity index (χ0v) is 18.8. The molecule has 3 rings (SSSR count). The molecule has 2 aromatic carbocycles. The lowest BCUT2D eigenvalue weighted by molar-refractivity contribution is 0.709. The normalized spacial score (nSPS) is 11.1. The van der Waals surface area contributed by atoms with Crippen molar-refractivity contribution in [2.24, 2.45) is 0 Å². The molecule has 0 saturated heterocycles. The molecule has 154 valence electrons. The first kappa shape index (κ1) is 21.7. The van der Waals surface area contributed by atoms with Crippen LogP contribution in [0.3, 0.4) is 0 Å². The monoisotopic (exact) mass is 406 g/mol. The summed E-state index contributed by atoms with van der Waals surface area (Å²) in [5, 5.41) is 11.1. The molecule has 3 heteroatoms. The van der Waals surface area contributed by atoms with Gasteiger partial charge in [0.15, 0.2) is 0 Å². The van der Waals surface area contributed by atoms with E-state index in [-0.39, 0.29) is 0 Å². The Morgan fingerprint density at radius 2 is 1.03 bits per heavy atom. The van der Waals surface area contributed by atoms with Crippen LogP contribution in [-0.4, -0.2) is 10.2 Å². The lowest BCUT2D eigenvalue weighted by Crippen LogP contribution is -1.91. The molecule has 0 spiro atoms. The molecular formula is C26H34N2S. The molecule has 0 bridgehead atoms. The van der Waals surface area contributed by atoms with Crippen LogP contribution in [0.2, 0.25) is 0 Å². The van der Waals surface area contributed by atoms with Crippen LogP contribution >= 0.6 is 11.3 Å². The highest BCUT2D eigenvalue weighted by Gasteiger charge is 2.05. The van der Waals surface area contributed by atoms with Crippen LogP contribution in [-0.2, 0) is 25.7 Å². The predicted octanol–water partition coefficient (Wildman–Crippen LogP) is 7.46. The van der Waals surface area contributed by atoms with E-state index in [1.54, 1.807) is 11.3 Å². The molecule has 0 fully saturated rings. The van der Waals surface area contributed by atoms with E-state index < -0.39 is 0 Å². The van der Waals surface area contributed by atoms with Crippen LogP contribution in [0.1, 0.15) is 73.5 Å². The SMILES string of the molecule is CCCCCc1ccc(-c2ccc(CCc3nnc(CCCCC)s3)cc2)cc1. The summed E-state index contributed by atoms with van der Waals surface area (Å²) < 4.78 is 0. The molecule has 0 aliphatic rings. The number of rotatable bonds is 12. The van der Waals surface area contributed by atoms with Crippen LogP contribution in [0.4, 0.5) is 0 Å². The van der Waals surface area contributed by atoms with Crippen molar-refractivity contribution in [1.29, 1.82) is 0 Å². The lowest BCUT2D eigenvalue weighted by atomic mass is 9.99. The average molecular weight is 407 g/mol. The minimum atomic E-state index is 0.983. The summed E-state index contributed by atoms with van der Waals surface area (Å²) >= 11 is 1.79. The summed E-state index contributed by atoms with van der Waals surface area (Å²) in [5.41, 5.74) is 5.41. The summed E-state index contributed by atoms with van der Waals surface area (Å²) in [6, 6.07) is 18.1. The van der Waals surface area contributed by atoms with E-state index in [0.29, 0.717) is 0 Å². The van der Waals surface area contributed by atoms with E-state index in [1.165, 1.54) is 77.2 Å². The van der Waals surface area contributed by atoms with Crippen molar-refractivity contribution in [3.05, 3.63) is 69.7 Å². The quantitative estimate of drug-likeness (QED) is 0.292. The maximum Gasteiger partial charge on any atom is 0.117 e. The van der Waals surface area contributed by atoms with Crippen LogP contribution < -0.4 is 0 Å². The molecular weight excluding hydrogens is 372 g/mol. The number of hydrogen-bond donors (Lipinski definition) is 0. The van der Waals surface area contributed by atoms with E-state index in [0.717, 1.165) is 19.3 Å². The molecule has 2 nitrogen and oxygen atoms in total. The first-order valence-corrected chi connectivity index (χ1v) is 12.1. The lowest BCUT2D eigenvalue weighted by Gasteiger charge is -2.06. The Morgan fingerprint density at radius 1 is 0.552 bits per heavy atom. The number of nitrogens with zero attached hydrogens (tertiary/aromatic N) is 2. The van der Waals surface area contributed by atoms with Gasteiger partial charge in [0, 0.05) is 12.8 Å². The zero-order valence-electron chi connectivity index (χ0n) is 18.0. The minimum Gasteiger partial charge on any atom is -0.144 e. The number of hydrogen-bond acceptors (Lipinski definition) is 3. The number of aryl methyl sites for hydroxylation is 4. The number of aromatic nitrogens is 2. The molecule has 0 atom stereocenters. The fourth-order valence-corrected chi connectivity index (χ4v) is 4.46. The smallest absolute Gasteiger partial charge is 0.117 e. The fraction of sp³-hybridized carbons (Fsp3) is 0.462. The molecule has 0 unspecified atom stereocenters. The molecule has 3 aromatic rings. The van der Waals surface area contributed by atoms with Gasteiger partial charge in [0.1, 0.15) is 10.0 Å². The summed E-state index contributed by atoms with van der Waals surface area (Å²) in [7, 11) is 0. The largest absolute Gasteiger partial charge is 0.144 e. The van der Waals surface area contributed by atoms with Crippen LogP contribution in [0.25, 0.3) is 11.1 Å². The van der Waals surface area contributed by atoms with Crippen molar-refractivity contribution >= 4 is 11.3 Å². The molecule has 0 saturated carbocycles. The van der Waals surface area contributed by atoms with Gasteiger partial charge in [-0.3, -0.25) is 0 Å². The van der Waals surface area contributed by atoms with Crippen LogP contribution in [0, 0.1) is 0 Å². The Morgan fingerprint density at radius 3 is 1.59 bits per heavy atom. The molecule has 1 aromatic heterocycles. The van der Waals surface area contributed by atoms with Crippen molar-refractivity contribution < 1.29 is 0 Å². The highest BCUT2D eigenvalue weighted by Crippen LogP contribution is 2.22. The van der Waals surface area contributed by atoms with Gasteiger partial charge in [-0.25, -0.2) is 0 Å². The topological polar surface area (TPSA) is 25.8 Å². The number of unbranched alkanes of at least 4 members (excludes halogenated alkanes) is 4. The Balaban J connectivity index is 1.50. The van der Waals surface area contributed by atoms with Crippen molar-refractivity contribution in [3.63, 3.8) is 0 Å². The third-order valence-corrected chi connectivity index (χ3v) is 6.48. The van der Waals surface area contributed by atoms with Crippen molar-refractivity contribution in [3.8, 4) is 11.1 Å². The summed E-state index contributed by atoms with van der Waals surface area (Å²) in [4.78, 5) is 0. The van der Waals surface area contributed by atoms with Crippen molar-refractivity contribution in [2.75, 3.05) is 0 Å². The first-order valence-electron chi connectivity index (χ1n) is 11.3. The second-order valence-electron chi connectivity index (χ2n) is 7.90. The second-order valence-corrected chi connectivity index (χ2v) is 9.04.